The van der Waals surface area contributed by atoms with Crippen molar-refractivity contribution in [3.8, 4) is 0 Å². The number of hydrogen-bond acceptors (Lipinski definition) is 5. The van der Waals surface area contributed by atoms with Crippen LogP contribution >= 0.6 is 0 Å². The molecule has 0 bridgehead atoms. The zero-order valence-corrected chi connectivity index (χ0v) is 12.6. The second-order valence-corrected chi connectivity index (χ2v) is 5.82. The highest BCUT2D eigenvalue weighted by Crippen LogP contribution is 2.18. The fourth-order valence-corrected chi connectivity index (χ4v) is 2.00. The van der Waals surface area contributed by atoms with Crippen LogP contribution in [0.1, 0.15) is 40.5 Å². The Bertz CT molecular complexity index is 386. The summed E-state index contributed by atoms with van der Waals surface area (Å²) in [5.74, 6) is -1.54. The molecule has 1 aliphatic rings. The summed E-state index contributed by atoms with van der Waals surface area (Å²) in [7, 11) is 0. The number of likely N-dealkylation sites (tertiary alicyclic amines) is 1. The molecular formula is C14H23NO5. The normalized spacial score (nSPS) is 20.3. The number of carbonyl (C=O) groups is 3. The highest BCUT2D eigenvalue weighted by atomic mass is 16.6. The summed E-state index contributed by atoms with van der Waals surface area (Å²) < 4.78 is 10.1. The third kappa shape index (κ3) is 4.83. The molecule has 0 radical (unpaired) electrons. The molecular weight excluding hydrogens is 262 g/mol. The van der Waals surface area contributed by atoms with Crippen LogP contribution in [0, 0.1) is 5.92 Å². The molecule has 6 heteroatoms. The van der Waals surface area contributed by atoms with Gasteiger partial charge in [-0.15, -0.1) is 0 Å². The van der Waals surface area contributed by atoms with Gasteiger partial charge >= 0.3 is 12.1 Å². The third-order valence-corrected chi connectivity index (χ3v) is 2.88. The van der Waals surface area contributed by atoms with Gasteiger partial charge in [0.05, 0.1) is 13.2 Å². The number of esters is 1. The molecule has 20 heavy (non-hydrogen) atoms. The molecule has 0 N–H and O–H groups in total. The molecule has 0 aliphatic carbocycles. The van der Waals surface area contributed by atoms with Crippen molar-refractivity contribution in [2.45, 2.75) is 46.1 Å². The maximum absolute atomic E-state index is 12.1. The van der Waals surface area contributed by atoms with Crippen molar-refractivity contribution in [1.29, 1.82) is 0 Å². The number of hydrogen-bond donors (Lipinski definition) is 0. The summed E-state index contributed by atoms with van der Waals surface area (Å²) in [5, 5.41) is 0. The molecule has 1 heterocycles. The first-order valence-electron chi connectivity index (χ1n) is 6.92. The van der Waals surface area contributed by atoms with Gasteiger partial charge in [0.25, 0.3) is 0 Å². The van der Waals surface area contributed by atoms with E-state index in [9.17, 15) is 14.4 Å². The number of ether oxygens (including phenoxy) is 2. The molecule has 0 aromatic heterocycles. The Morgan fingerprint density at radius 1 is 1.35 bits per heavy atom. The summed E-state index contributed by atoms with van der Waals surface area (Å²) in [4.78, 5) is 37.1. The van der Waals surface area contributed by atoms with Crippen molar-refractivity contribution < 1.29 is 23.9 Å². The second kappa shape index (κ2) is 6.72. The summed E-state index contributed by atoms with van der Waals surface area (Å²) in [6.07, 6.45) is 0.473. The van der Waals surface area contributed by atoms with E-state index in [0.717, 1.165) is 0 Å². The average molecular weight is 285 g/mol. The van der Waals surface area contributed by atoms with Gasteiger partial charge in [-0.2, -0.15) is 0 Å². The lowest BCUT2D eigenvalue weighted by Gasteiger charge is -2.25. The van der Waals surface area contributed by atoms with Crippen LogP contribution in [0.25, 0.3) is 0 Å². The number of Topliss-reactive ketones (excluding diaryl/α,β-unsaturated/α-hetero) is 1. The summed E-state index contributed by atoms with van der Waals surface area (Å²) in [5.41, 5.74) is -0.604. The van der Waals surface area contributed by atoms with E-state index in [2.05, 4.69) is 0 Å². The standard InChI is InChI=1S/C14H23NO5/c1-5-19-12(17)10-7-6-8-15(9-11(10)16)13(18)20-14(2,3)4/h10H,5-9H2,1-4H3. The minimum absolute atomic E-state index is 0.0988. The minimum Gasteiger partial charge on any atom is -0.465 e. The first-order valence-corrected chi connectivity index (χ1v) is 6.92. The first kappa shape index (κ1) is 16.5. The van der Waals surface area contributed by atoms with Crippen LogP contribution in [0.5, 0.6) is 0 Å². The topological polar surface area (TPSA) is 72.9 Å². The van der Waals surface area contributed by atoms with Gasteiger partial charge in [-0.1, -0.05) is 0 Å². The van der Waals surface area contributed by atoms with E-state index in [-0.39, 0.29) is 18.9 Å². The Labute approximate surface area is 119 Å². The van der Waals surface area contributed by atoms with Gasteiger partial charge in [0.2, 0.25) is 0 Å². The molecule has 1 saturated heterocycles. The van der Waals surface area contributed by atoms with E-state index >= 15 is 0 Å². The monoisotopic (exact) mass is 285 g/mol. The number of ketones is 1. The molecule has 1 fully saturated rings. The molecule has 6 nitrogen and oxygen atoms in total. The second-order valence-electron chi connectivity index (χ2n) is 5.82. The Morgan fingerprint density at radius 2 is 2.00 bits per heavy atom. The molecule has 114 valence electrons. The van der Waals surface area contributed by atoms with E-state index in [0.29, 0.717) is 19.4 Å². The van der Waals surface area contributed by atoms with Crippen LogP contribution in [0.2, 0.25) is 0 Å². The van der Waals surface area contributed by atoms with Gasteiger partial charge in [-0.05, 0) is 40.5 Å². The summed E-state index contributed by atoms with van der Waals surface area (Å²) in [6.45, 7) is 7.57. The van der Waals surface area contributed by atoms with E-state index in [1.54, 1.807) is 27.7 Å². The molecule has 1 rings (SSSR count). The highest BCUT2D eigenvalue weighted by Gasteiger charge is 2.34. The largest absolute Gasteiger partial charge is 0.465 e. The van der Waals surface area contributed by atoms with E-state index in [4.69, 9.17) is 9.47 Å². The van der Waals surface area contributed by atoms with Crippen molar-refractivity contribution in [2.75, 3.05) is 19.7 Å². The average Bonchev–Trinajstić information content (AvgIpc) is 2.49. The van der Waals surface area contributed by atoms with Crippen LogP contribution in [0.3, 0.4) is 0 Å². The fourth-order valence-electron chi connectivity index (χ4n) is 2.00. The molecule has 1 amide bonds. The van der Waals surface area contributed by atoms with Crippen LogP contribution < -0.4 is 0 Å². The predicted molar refractivity (Wildman–Crippen MR) is 72.2 cm³/mol. The third-order valence-electron chi connectivity index (χ3n) is 2.88. The number of nitrogens with zero attached hydrogens (tertiary/aromatic N) is 1. The van der Waals surface area contributed by atoms with Gasteiger partial charge in [-0.25, -0.2) is 4.79 Å². The van der Waals surface area contributed by atoms with Gasteiger partial charge in [0.15, 0.2) is 5.78 Å². The fraction of sp³-hybridized carbons (Fsp3) is 0.786. The number of rotatable bonds is 2. The SMILES string of the molecule is CCOC(=O)C1CCCN(C(=O)OC(C)(C)C)CC1=O. The zero-order chi connectivity index (χ0) is 15.3. The van der Waals surface area contributed by atoms with Crippen molar-refractivity contribution in [3.63, 3.8) is 0 Å². The molecule has 0 saturated carbocycles. The van der Waals surface area contributed by atoms with Crippen LogP contribution in [0.15, 0.2) is 0 Å². The lowest BCUT2D eigenvalue weighted by Crippen LogP contribution is -2.40. The molecule has 1 unspecified atom stereocenters. The van der Waals surface area contributed by atoms with Crippen LogP contribution in [-0.4, -0.2) is 48.0 Å². The highest BCUT2D eigenvalue weighted by molar-refractivity contribution is 6.01. The Hall–Kier alpha value is -1.59. The first-order chi connectivity index (χ1) is 9.24. The van der Waals surface area contributed by atoms with Crippen LogP contribution in [0.4, 0.5) is 4.79 Å². The molecule has 0 aromatic carbocycles. The van der Waals surface area contributed by atoms with E-state index < -0.39 is 23.6 Å². The predicted octanol–water partition coefficient (Wildman–Crippen LogP) is 1.77. The van der Waals surface area contributed by atoms with Crippen molar-refractivity contribution >= 4 is 17.8 Å². The van der Waals surface area contributed by atoms with Crippen molar-refractivity contribution in [2.24, 2.45) is 5.92 Å². The smallest absolute Gasteiger partial charge is 0.410 e. The van der Waals surface area contributed by atoms with Crippen molar-refractivity contribution in [1.82, 2.24) is 4.90 Å². The Kier molecular flexibility index (Phi) is 5.53. The molecule has 0 aromatic rings. The quantitative estimate of drug-likeness (QED) is 0.571. The number of carbonyl (C=O) groups excluding carboxylic acids is 3. The van der Waals surface area contributed by atoms with E-state index in [1.165, 1.54) is 4.90 Å². The minimum atomic E-state index is -0.762. The van der Waals surface area contributed by atoms with E-state index in [1.807, 2.05) is 0 Å². The maximum atomic E-state index is 12.1. The van der Waals surface area contributed by atoms with Gasteiger partial charge < -0.3 is 14.4 Å². The Balaban J connectivity index is 2.67. The van der Waals surface area contributed by atoms with Gasteiger partial charge in [0, 0.05) is 6.54 Å². The molecule has 1 aliphatic heterocycles. The summed E-state index contributed by atoms with van der Waals surface area (Å²) >= 11 is 0. The van der Waals surface area contributed by atoms with Crippen LogP contribution in [-0.2, 0) is 19.1 Å². The Morgan fingerprint density at radius 3 is 2.55 bits per heavy atom. The molecule has 1 atom stereocenters. The summed E-state index contributed by atoms with van der Waals surface area (Å²) in [6, 6.07) is 0. The lowest BCUT2D eigenvalue weighted by molar-refractivity contribution is -0.151. The van der Waals surface area contributed by atoms with Gasteiger partial charge in [-0.3, -0.25) is 9.59 Å². The zero-order valence-electron chi connectivity index (χ0n) is 12.6. The van der Waals surface area contributed by atoms with Gasteiger partial charge in [0.1, 0.15) is 11.5 Å². The molecule has 0 spiro atoms. The van der Waals surface area contributed by atoms with Crippen molar-refractivity contribution in [3.05, 3.63) is 0 Å². The maximum Gasteiger partial charge on any atom is 0.410 e. The lowest BCUT2D eigenvalue weighted by atomic mass is 10.00. The number of amides is 1.